The van der Waals surface area contributed by atoms with E-state index in [9.17, 15) is 10.1 Å². The zero-order valence-corrected chi connectivity index (χ0v) is 11.3. The SMILES string of the molecule is Cc1nn(Cc2nc3c4cn[nH]c4ncn3n2)cc1[N+](=O)[O-]. The van der Waals surface area contributed by atoms with Crippen molar-refractivity contribution >= 4 is 22.4 Å². The van der Waals surface area contributed by atoms with Crippen molar-refractivity contribution in [3.63, 3.8) is 0 Å². The fourth-order valence-corrected chi connectivity index (χ4v) is 2.26. The van der Waals surface area contributed by atoms with Crippen molar-refractivity contribution in [2.75, 3.05) is 0 Å². The molecule has 4 aromatic heterocycles. The Morgan fingerprint density at radius 1 is 1.41 bits per heavy atom. The van der Waals surface area contributed by atoms with Crippen molar-refractivity contribution in [3.05, 3.63) is 40.4 Å². The lowest BCUT2D eigenvalue weighted by Crippen LogP contribution is -2.02. The second kappa shape index (κ2) is 4.31. The number of rotatable bonds is 3. The second-order valence-corrected chi connectivity index (χ2v) is 4.73. The first-order valence-electron chi connectivity index (χ1n) is 6.33. The Bertz CT molecular complexity index is 1010. The van der Waals surface area contributed by atoms with Gasteiger partial charge in [-0.05, 0) is 6.92 Å². The molecule has 22 heavy (non-hydrogen) atoms. The Labute approximate surface area is 121 Å². The van der Waals surface area contributed by atoms with Gasteiger partial charge in [0, 0.05) is 0 Å². The van der Waals surface area contributed by atoms with Crippen LogP contribution in [0, 0.1) is 17.0 Å². The molecule has 0 aliphatic carbocycles. The Morgan fingerprint density at radius 3 is 3.05 bits per heavy atom. The number of fused-ring (bicyclic) bond motifs is 3. The smallest absolute Gasteiger partial charge is 0.261 e. The van der Waals surface area contributed by atoms with Crippen molar-refractivity contribution in [1.82, 2.24) is 39.6 Å². The number of hydrogen-bond donors (Lipinski definition) is 1. The van der Waals surface area contributed by atoms with Crippen LogP contribution in [0.2, 0.25) is 0 Å². The first-order valence-corrected chi connectivity index (χ1v) is 6.33. The number of hydrogen-bond acceptors (Lipinski definition) is 7. The van der Waals surface area contributed by atoms with Gasteiger partial charge >= 0.3 is 5.69 Å². The lowest BCUT2D eigenvalue weighted by Gasteiger charge is -1.93. The van der Waals surface area contributed by atoms with Crippen molar-refractivity contribution < 1.29 is 4.92 Å². The third kappa shape index (κ3) is 1.79. The van der Waals surface area contributed by atoms with Gasteiger partial charge in [0.15, 0.2) is 17.1 Å². The lowest BCUT2D eigenvalue weighted by molar-refractivity contribution is -0.385. The van der Waals surface area contributed by atoms with E-state index in [2.05, 4.69) is 30.4 Å². The van der Waals surface area contributed by atoms with E-state index in [0.717, 1.165) is 5.39 Å². The second-order valence-electron chi connectivity index (χ2n) is 4.73. The fraction of sp³-hybridized carbons (Fsp3) is 0.182. The highest BCUT2D eigenvalue weighted by atomic mass is 16.6. The summed E-state index contributed by atoms with van der Waals surface area (Å²) in [6.07, 6.45) is 4.52. The van der Waals surface area contributed by atoms with E-state index in [4.69, 9.17) is 0 Å². The summed E-state index contributed by atoms with van der Waals surface area (Å²) < 4.78 is 2.99. The predicted molar refractivity (Wildman–Crippen MR) is 73.2 cm³/mol. The van der Waals surface area contributed by atoms with Crippen molar-refractivity contribution in [3.8, 4) is 0 Å². The number of aryl methyl sites for hydroxylation is 1. The maximum Gasteiger partial charge on any atom is 0.309 e. The van der Waals surface area contributed by atoms with Crippen LogP contribution in [0.5, 0.6) is 0 Å². The highest BCUT2D eigenvalue weighted by Gasteiger charge is 2.17. The summed E-state index contributed by atoms with van der Waals surface area (Å²) in [7, 11) is 0. The molecule has 1 N–H and O–H groups in total. The molecule has 4 aromatic rings. The van der Waals surface area contributed by atoms with Crippen LogP contribution in [0.25, 0.3) is 16.7 Å². The van der Waals surface area contributed by atoms with Crippen LogP contribution in [0.3, 0.4) is 0 Å². The monoisotopic (exact) mass is 299 g/mol. The summed E-state index contributed by atoms with van der Waals surface area (Å²) in [5.41, 5.74) is 1.57. The maximum atomic E-state index is 10.8. The molecule has 11 nitrogen and oxygen atoms in total. The molecule has 0 spiro atoms. The van der Waals surface area contributed by atoms with Gasteiger partial charge in [0.05, 0.1) is 16.5 Å². The summed E-state index contributed by atoms with van der Waals surface area (Å²) in [6, 6.07) is 0. The largest absolute Gasteiger partial charge is 0.309 e. The van der Waals surface area contributed by atoms with Crippen LogP contribution in [0.4, 0.5) is 5.69 Å². The van der Waals surface area contributed by atoms with Gasteiger partial charge < -0.3 is 0 Å². The molecule has 0 aliphatic rings. The molecule has 4 rings (SSSR count). The van der Waals surface area contributed by atoms with Gasteiger partial charge in [0.25, 0.3) is 0 Å². The predicted octanol–water partition coefficient (Wildman–Crippen LogP) is 0.462. The number of nitro groups is 1. The average molecular weight is 299 g/mol. The minimum atomic E-state index is -0.463. The van der Waals surface area contributed by atoms with Crippen LogP contribution in [0.1, 0.15) is 11.5 Å². The van der Waals surface area contributed by atoms with Gasteiger partial charge in [0.2, 0.25) is 0 Å². The van der Waals surface area contributed by atoms with E-state index in [-0.39, 0.29) is 12.2 Å². The lowest BCUT2D eigenvalue weighted by atomic mass is 10.4. The van der Waals surface area contributed by atoms with Gasteiger partial charge in [-0.25, -0.2) is 14.5 Å². The van der Waals surface area contributed by atoms with Gasteiger partial charge in [-0.1, -0.05) is 0 Å². The molecule has 0 radical (unpaired) electrons. The molecule has 0 fully saturated rings. The van der Waals surface area contributed by atoms with Crippen LogP contribution in [-0.2, 0) is 6.54 Å². The van der Waals surface area contributed by atoms with Crippen LogP contribution >= 0.6 is 0 Å². The van der Waals surface area contributed by atoms with Crippen molar-refractivity contribution in [2.45, 2.75) is 13.5 Å². The minimum absolute atomic E-state index is 0.0253. The van der Waals surface area contributed by atoms with Crippen LogP contribution in [-0.4, -0.2) is 44.5 Å². The highest BCUT2D eigenvalue weighted by Crippen LogP contribution is 2.17. The Morgan fingerprint density at radius 2 is 2.27 bits per heavy atom. The Balaban J connectivity index is 1.75. The molecule has 0 aliphatic heterocycles. The number of nitrogens with zero attached hydrogens (tertiary/aromatic N) is 8. The fourth-order valence-electron chi connectivity index (χ4n) is 2.26. The summed E-state index contributed by atoms with van der Waals surface area (Å²) in [6.45, 7) is 1.82. The summed E-state index contributed by atoms with van der Waals surface area (Å²) in [5.74, 6) is 0.480. The molecule has 11 heteroatoms. The summed E-state index contributed by atoms with van der Waals surface area (Å²) in [4.78, 5) is 19.0. The molecule has 110 valence electrons. The van der Waals surface area contributed by atoms with E-state index < -0.39 is 4.92 Å². The molecule has 0 unspecified atom stereocenters. The first kappa shape index (κ1) is 12.4. The van der Waals surface area contributed by atoms with Crippen molar-refractivity contribution in [1.29, 1.82) is 0 Å². The summed E-state index contributed by atoms with van der Waals surface area (Å²) in [5, 5.41) is 26.7. The van der Waals surface area contributed by atoms with Crippen LogP contribution in [0.15, 0.2) is 18.7 Å². The molecule has 4 heterocycles. The quantitative estimate of drug-likeness (QED) is 0.429. The normalized spacial score (nSPS) is 11.5. The highest BCUT2D eigenvalue weighted by molar-refractivity contribution is 5.87. The average Bonchev–Trinajstić information content (AvgIpc) is 3.15. The molecular weight excluding hydrogens is 290 g/mol. The standard InChI is InChI=1S/C11H9N9O2/c1-6-8(20(21)22)3-18(16-6)4-9-14-11-7-2-13-15-10(7)12-5-19(11)17-9/h2-3,5H,4H2,1H3,(H,13,15). The van der Waals surface area contributed by atoms with Crippen molar-refractivity contribution in [2.24, 2.45) is 0 Å². The Hall–Kier alpha value is -3.37. The maximum absolute atomic E-state index is 10.8. The topological polar surface area (TPSA) is 133 Å². The van der Waals surface area contributed by atoms with E-state index in [1.54, 1.807) is 13.1 Å². The van der Waals surface area contributed by atoms with E-state index in [1.165, 1.54) is 21.7 Å². The minimum Gasteiger partial charge on any atom is -0.261 e. The third-order valence-corrected chi connectivity index (χ3v) is 3.25. The molecule has 0 bridgehead atoms. The van der Waals surface area contributed by atoms with Crippen LogP contribution < -0.4 is 0 Å². The van der Waals surface area contributed by atoms with E-state index >= 15 is 0 Å². The number of aromatic amines is 1. The number of nitrogens with one attached hydrogen (secondary N) is 1. The van der Waals surface area contributed by atoms with Gasteiger partial charge in [0.1, 0.15) is 24.8 Å². The number of aromatic nitrogens is 8. The molecule has 0 amide bonds. The van der Waals surface area contributed by atoms with Gasteiger partial charge in [-0.2, -0.15) is 10.2 Å². The Kier molecular flexibility index (Phi) is 2.43. The van der Waals surface area contributed by atoms with Gasteiger partial charge in [-0.3, -0.25) is 19.9 Å². The van der Waals surface area contributed by atoms with E-state index in [0.29, 0.717) is 22.8 Å². The molecule has 0 atom stereocenters. The number of H-pyrrole nitrogens is 1. The third-order valence-electron chi connectivity index (χ3n) is 3.25. The zero-order chi connectivity index (χ0) is 15.3. The van der Waals surface area contributed by atoms with E-state index in [1.807, 2.05) is 0 Å². The molecule has 0 saturated carbocycles. The molecule has 0 saturated heterocycles. The zero-order valence-electron chi connectivity index (χ0n) is 11.3. The molecule has 0 aromatic carbocycles. The first-order chi connectivity index (χ1) is 10.6. The molecular formula is C11H9N9O2. The van der Waals surface area contributed by atoms with Gasteiger partial charge in [-0.15, -0.1) is 5.10 Å². The summed E-state index contributed by atoms with van der Waals surface area (Å²) >= 11 is 0.